The Hall–Kier alpha value is -4.19. The van der Waals surface area contributed by atoms with Crippen LogP contribution in [-0.2, 0) is 9.53 Å². The number of benzene rings is 2. The zero-order valence-corrected chi connectivity index (χ0v) is 16.2. The van der Waals surface area contributed by atoms with Gasteiger partial charge in [-0.1, -0.05) is 42.5 Å². The average molecular weight is 398 g/mol. The van der Waals surface area contributed by atoms with Gasteiger partial charge in [-0.2, -0.15) is 0 Å². The van der Waals surface area contributed by atoms with Crippen LogP contribution >= 0.6 is 0 Å². The quantitative estimate of drug-likeness (QED) is 0.310. The van der Waals surface area contributed by atoms with Gasteiger partial charge in [0.1, 0.15) is 5.69 Å². The largest absolute Gasteiger partial charge is 0.465 e. The van der Waals surface area contributed by atoms with Crippen molar-refractivity contribution >= 4 is 28.9 Å². The minimum absolute atomic E-state index is 0.276. The van der Waals surface area contributed by atoms with Gasteiger partial charge in [-0.05, 0) is 42.0 Å². The Morgan fingerprint density at radius 3 is 2.40 bits per heavy atom. The Balaban J connectivity index is 1.71. The smallest absolute Gasteiger partial charge is 0.337 e. The van der Waals surface area contributed by atoms with E-state index in [1.54, 1.807) is 34.9 Å². The molecule has 0 radical (unpaired) electrons. The highest BCUT2D eigenvalue weighted by molar-refractivity contribution is 6.47. The number of hydrogen-bond acceptors (Lipinski definition) is 4. The van der Waals surface area contributed by atoms with E-state index in [2.05, 4.69) is 5.32 Å². The summed E-state index contributed by atoms with van der Waals surface area (Å²) < 4.78 is 6.40. The molecule has 4 rings (SSSR count). The summed E-state index contributed by atoms with van der Waals surface area (Å²) in [5, 5.41) is 2.58. The lowest BCUT2D eigenvalue weighted by atomic mass is 10.0. The fraction of sp³-hybridized carbons (Fsp3) is 0.0417. The highest BCUT2D eigenvalue weighted by Gasteiger charge is 2.25. The number of hydrogen-bond donors (Lipinski definition) is 1. The second-order valence-electron chi connectivity index (χ2n) is 6.62. The molecule has 1 N–H and O–H groups in total. The molecule has 0 atom stereocenters. The maximum absolute atomic E-state index is 13.2. The molecule has 6 nitrogen and oxygen atoms in total. The fourth-order valence-electron chi connectivity index (χ4n) is 3.33. The van der Waals surface area contributed by atoms with Gasteiger partial charge in [-0.3, -0.25) is 9.59 Å². The first-order valence-electron chi connectivity index (χ1n) is 9.28. The van der Waals surface area contributed by atoms with E-state index in [1.807, 2.05) is 48.5 Å². The predicted octanol–water partition coefficient (Wildman–Crippen LogP) is 4.21. The van der Waals surface area contributed by atoms with Gasteiger partial charge in [-0.15, -0.1) is 0 Å². The molecule has 0 fully saturated rings. The number of fused-ring (bicyclic) bond motifs is 1. The van der Waals surface area contributed by atoms with E-state index in [9.17, 15) is 14.4 Å². The van der Waals surface area contributed by atoms with Crippen LogP contribution in [0, 0.1) is 0 Å². The monoisotopic (exact) mass is 398 g/mol. The Morgan fingerprint density at radius 1 is 0.867 bits per heavy atom. The van der Waals surface area contributed by atoms with Crippen LogP contribution in [0.2, 0.25) is 0 Å². The highest BCUT2D eigenvalue weighted by atomic mass is 16.5. The van der Waals surface area contributed by atoms with Gasteiger partial charge in [0.15, 0.2) is 0 Å². The minimum Gasteiger partial charge on any atom is -0.465 e. The molecule has 0 aliphatic carbocycles. The number of rotatable bonds is 5. The molecule has 1 amide bonds. The fourth-order valence-corrected chi connectivity index (χ4v) is 3.33. The third-order valence-corrected chi connectivity index (χ3v) is 4.73. The number of aromatic nitrogens is 1. The Kier molecular flexibility index (Phi) is 5.13. The standard InChI is InChI=1S/C24H18N2O4/c1-30-24(29)17-10-7-11-18(14-17)25-23(28)22(27)21-20(16-8-3-2-4-9-16)15-19-12-5-6-13-26(19)21/h2-15H,1H3,(H,25,28). The van der Waals surface area contributed by atoms with Crippen molar-refractivity contribution in [3.8, 4) is 11.1 Å². The Bertz CT molecular complexity index is 1260. The van der Waals surface area contributed by atoms with Crippen molar-refractivity contribution < 1.29 is 19.1 Å². The zero-order chi connectivity index (χ0) is 21.1. The normalized spacial score (nSPS) is 10.6. The van der Waals surface area contributed by atoms with Gasteiger partial charge in [-0.25, -0.2) is 4.79 Å². The third-order valence-electron chi connectivity index (χ3n) is 4.73. The molecule has 0 spiro atoms. The summed E-state index contributed by atoms with van der Waals surface area (Å²) in [6.45, 7) is 0. The predicted molar refractivity (Wildman–Crippen MR) is 114 cm³/mol. The van der Waals surface area contributed by atoms with Crippen molar-refractivity contribution in [1.29, 1.82) is 0 Å². The number of pyridine rings is 1. The van der Waals surface area contributed by atoms with E-state index in [-0.39, 0.29) is 11.3 Å². The zero-order valence-electron chi connectivity index (χ0n) is 16.2. The van der Waals surface area contributed by atoms with Crippen molar-refractivity contribution in [2.24, 2.45) is 0 Å². The highest BCUT2D eigenvalue weighted by Crippen LogP contribution is 2.28. The molecule has 0 aliphatic heterocycles. The van der Waals surface area contributed by atoms with Crippen LogP contribution in [0.5, 0.6) is 0 Å². The first-order chi connectivity index (χ1) is 14.6. The molecule has 0 saturated heterocycles. The molecule has 0 bridgehead atoms. The topological polar surface area (TPSA) is 76.9 Å². The van der Waals surface area contributed by atoms with E-state index < -0.39 is 17.7 Å². The molecule has 4 aromatic rings. The van der Waals surface area contributed by atoms with Gasteiger partial charge in [0.05, 0.1) is 12.7 Å². The van der Waals surface area contributed by atoms with E-state index in [4.69, 9.17) is 4.74 Å². The molecule has 0 unspecified atom stereocenters. The summed E-state index contributed by atoms with van der Waals surface area (Å²) in [7, 11) is 1.28. The molecular weight excluding hydrogens is 380 g/mol. The van der Waals surface area contributed by atoms with Crippen LogP contribution in [0.15, 0.2) is 85.1 Å². The van der Waals surface area contributed by atoms with Gasteiger partial charge < -0.3 is 14.5 Å². The number of carbonyl (C=O) groups is 3. The SMILES string of the molecule is COC(=O)c1cccc(NC(=O)C(=O)c2c(-c3ccccc3)cc3ccccn23)c1. The van der Waals surface area contributed by atoms with Crippen LogP contribution in [0.1, 0.15) is 20.8 Å². The van der Waals surface area contributed by atoms with Crippen LogP contribution in [0.25, 0.3) is 16.6 Å². The van der Waals surface area contributed by atoms with Crippen molar-refractivity contribution in [3.05, 3.63) is 96.3 Å². The number of methoxy groups -OCH3 is 1. The van der Waals surface area contributed by atoms with Crippen LogP contribution in [0.4, 0.5) is 5.69 Å². The lowest BCUT2D eigenvalue weighted by Gasteiger charge is -2.08. The maximum Gasteiger partial charge on any atom is 0.337 e. The van der Waals surface area contributed by atoms with Gasteiger partial charge in [0.2, 0.25) is 0 Å². The van der Waals surface area contributed by atoms with Crippen LogP contribution in [-0.4, -0.2) is 29.2 Å². The first-order valence-corrected chi connectivity index (χ1v) is 9.28. The van der Waals surface area contributed by atoms with Crippen LogP contribution < -0.4 is 5.32 Å². The summed E-state index contributed by atoms with van der Waals surface area (Å²) in [5.41, 5.74) is 3.20. The van der Waals surface area contributed by atoms with Gasteiger partial charge >= 0.3 is 5.97 Å². The molecule has 0 saturated carbocycles. The summed E-state index contributed by atoms with van der Waals surface area (Å²) in [5.74, 6) is -2.00. The van der Waals surface area contributed by atoms with Crippen molar-refractivity contribution in [1.82, 2.24) is 4.40 Å². The first kappa shape index (κ1) is 19.1. The molecule has 2 aromatic carbocycles. The second kappa shape index (κ2) is 8.05. The summed E-state index contributed by atoms with van der Waals surface area (Å²) in [6.07, 6.45) is 1.75. The van der Waals surface area contributed by atoms with E-state index in [0.717, 1.165) is 11.1 Å². The third kappa shape index (κ3) is 3.58. The number of ketones is 1. The number of ether oxygens (including phenoxy) is 1. The minimum atomic E-state index is -0.793. The van der Waals surface area contributed by atoms with Crippen molar-refractivity contribution in [2.75, 3.05) is 12.4 Å². The summed E-state index contributed by atoms with van der Waals surface area (Å²) in [4.78, 5) is 37.7. The molecule has 0 aliphatic rings. The number of anilines is 1. The van der Waals surface area contributed by atoms with Gasteiger partial charge in [0.25, 0.3) is 11.7 Å². The number of carbonyl (C=O) groups excluding carboxylic acids is 3. The number of Topliss-reactive ketones (excluding diaryl/α,β-unsaturated/α-hetero) is 1. The molecule has 148 valence electrons. The molecule has 30 heavy (non-hydrogen) atoms. The number of amides is 1. The maximum atomic E-state index is 13.2. The Labute approximate surface area is 172 Å². The van der Waals surface area contributed by atoms with Crippen LogP contribution in [0.3, 0.4) is 0 Å². The van der Waals surface area contributed by atoms with Gasteiger partial charge in [0, 0.05) is 23.0 Å². The van der Waals surface area contributed by atoms with E-state index in [1.165, 1.54) is 13.2 Å². The lowest BCUT2D eigenvalue weighted by Crippen LogP contribution is -2.24. The molecule has 2 aromatic heterocycles. The molecular formula is C24H18N2O4. The number of nitrogens with zero attached hydrogens (tertiary/aromatic N) is 1. The van der Waals surface area contributed by atoms with Crippen molar-refractivity contribution in [3.63, 3.8) is 0 Å². The average Bonchev–Trinajstić information content (AvgIpc) is 3.18. The van der Waals surface area contributed by atoms with E-state index >= 15 is 0 Å². The summed E-state index contributed by atoms with van der Waals surface area (Å²) in [6, 6.07) is 23.1. The lowest BCUT2D eigenvalue weighted by molar-refractivity contribution is -0.112. The molecule has 6 heteroatoms. The van der Waals surface area contributed by atoms with E-state index in [0.29, 0.717) is 11.3 Å². The number of nitrogens with one attached hydrogen (secondary N) is 1. The second-order valence-corrected chi connectivity index (χ2v) is 6.62. The Morgan fingerprint density at radius 2 is 1.63 bits per heavy atom. The van der Waals surface area contributed by atoms with Crippen molar-refractivity contribution in [2.45, 2.75) is 0 Å². The molecule has 2 heterocycles. The summed E-state index contributed by atoms with van der Waals surface area (Å²) >= 11 is 0. The number of esters is 1.